The minimum atomic E-state index is -0.879. The first-order valence-corrected chi connectivity index (χ1v) is 7.43. The molecule has 1 unspecified atom stereocenters. The van der Waals surface area contributed by atoms with Crippen LogP contribution in [0.4, 0.5) is 8.78 Å². The van der Waals surface area contributed by atoms with E-state index in [1.165, 1.54) is 16.9 Å². The Hall–Kier alpha value is -2.61. The van der Waals surface area contributed by atoms with Gasteiger partial charge in [-0.3, -0.25) is 14.4 Å². The molecule has 0 aliphatic heterocycles. The summed E-state index contributed by atoms with van der Waals surface area (Å²) in [4.78, 5) is 21.1. The number of hydrogen-bond donors (Lipinski definition) is 1. The molecule has 0 radical (unpaired) electrons. The molecule has 0 fully saturated rings. The van der Waals surface area contributed by atoms with E-state index in [0.29, 0.717) is 29.0 Å². The fraction of sp³-hybridized carbons (Fsp3) is 0.312. The number of nitrogens with zero attached hydrogens (tertiary/aromatic N) is 4. The molecule has 0 amide bonds. The Kier molecular flexibility index (Phi) is 4.15. The Labute approximate surface area is 136 Å². The molecule has 2 heterocycles. The highest BCUT2D eigenvalue weighted by Crippen LogP contribution is 2.22. The summed E-state index contributed by atoms with van der Waals surface area (Å²) in [6, 6.07) is 3.64. The second-order valence-corrected chi connectivity index (χ2v) is 5.78. The van der Waals surface area contributed by atoms with Crippen molar-refractivity contribution in [2.75, 3.05) is 7.05 Å². The molecule has 0 bridgehead atoms. The number of H-pyrrole nitrogens is 1. The molecule has 0 saturated carbocycles. The van der Waals surface area contributed by atoms with Gasteiger partial charge in [-0.1, -0.05) is 6.07 Å². The van der Waals surface area contributed by atoms with Crippen molar-refractivity contribution in [2.45, 2.75) is 19.5 Å². The van der Waals surface area contributed by atoms with E-state index in [-0.39, 0.29) is 11.6 Å². The summed E-state index contributed by atoms with van der Waals surface area (Å²) < 4.78 is 28.0. The average molecular weight is 333 g/mol. The highest BCUT2D eigenvalue weighted by Gasteiger charge is 2.16. The molecule has 6 nitrogen and oxygen atoms in total. The van der Waals surface area contributed by atoms with Crippen molar-refractivity contribution < 1.29 is 8.78 Å². The van der Waals surface area contributed by atoms with Gasteiger partial charge < -0.3 is 4.98 Å². The van der Waals surface area contributed by atoms with Gasteiger partial charge in [-0.15, -0.1) is 0 Å². The molecule has 1 aromatic carbocycles. The van der Waals surface area contributed by atoms with E-state index in [1.807, 2.05) is 18.9 Å². The van der Waals surface area contributed by atoms with Crippen LogP contribution >= 0.6 is 0 Å². The van der Waals surface area contributed by atoms with Crippen molar-refractivity contribution in [3.63, 3.8) is 0 Å². The number of nitrogens with one attached hydrogen (secondary N) is 1. The van der Waals surface area contributed by atoms with Crippen molar-refractivity contribution in [1.82, 2.24) is 24.6 Å². The van der Waals surface area contributed by atoms with Crippen molar-refractivity contribution >= 4 is 11.0 Å². The zero-order valence-electron chi connectivity index (χ0n) is 13.5. The van der Waals surface area contributed by atoms with Crippen LogP contribution in [0.25, 0.3) is 11.0 Å². The maximum absolute atomic E-state index is 13.4. The lowest BCUT2D eigenvalue weighted by molar-refractivity contribution is 0.246. The highest BCUT2D eigenvalue weighted by molar-refractivity contribution is 5.72. The molecule has 0 saturated heterocycles. The molecule has 8 heteroatoms. The minimum Gasteiger partial charge on any atom is -0.309 e. The molecule has 24 heavy (non-hydrogen) atoms. The van der Waals surface area contributed by atoms with E-state index in [1.54, 1.807) is 13.1 Å². The monoisotopic (exact) mass is 333 g/mol. The van der Waals surface area contributed by atoms with Gasteiger partial charge in [0, 0.05) is 13.1 Å². The Morgan fingerprint density at radius 3 is 2.79 bits per heavy atom. The van der Waals surface area contributed by atoms with Crippen LogP contribution in [0.15, 0.2) is 29.2 Å². The van der Waals surface area contributed by atoms with Crippen LogP contribution in [-0.2, 0) is 13.6 Å². The van der Waals surface area contributed by atoms with Crippen LogP contribution in [0.5, 0.6) is 0 Å². The Balaban J connectivity index is 1.86. The number of hydrogen-bond acceptors (Lipinski definition) is 4. The molecule has 1 atom stereocenters. The summed E-state index contributed by atoms with van der Waals surface area (Å²) in [5.74, 6) is -1.27. The van der Waals surface area contributed by atoms with Gasteiger partial charge in [0.1, 0.15) is 11.2 Å². The van der Waals surface area contributed by atoms with Crippen LogP contribution in [-0.4, -0.2) is 31.7 Å². The fourth-order valence-corrected chi connectivity index (χ4v) is 2.55. The highest BCUT2D eigenvalue weighted by atomic mass is 19.2. The summed E-state index contributed by atoms with van der Waals surface area (Å²) in [5, 5.41) is 4.45. The maximum atomic E-state index is 13.4. The van der Waals surface area contributed by atoms with E-state index in [4.69, 9.17) is 0 Å². The molecular formula is C16H17F2N5O. The molecule has 0 spiro atoms. The zero-order chi connectivity index (χ0) is 17.4. The van der Waals surface area contributed by atoms with Crippen LogP contribution in [0, 0.1) is 11.6 Å². The van der Waals surface area contributed by atoms with E-state index in [9.17, 15) is 13.6 Å². The van der Waals surface area contributed by atoms with Crippen LogP contribution in [0.3, 0.4) is 0 Å². The van der Waals surface area contributed by atoms with Gasteiger partial charge in [-0.25, -0.2) is 13.8 Å². The van der Waals surface area contributed by atoms with E-state index in [0.717, 1.165) is 6.07 Å². The third-order valence-corrected chi connectivity index (χ3v) is 4.14. The van der Waals surface area contributed by atoms with E-state index < -0.39 is 11.6 Å². The maximum Gasteiger partial charge on any atom is 0.262 e. The molecule has 0 aliphatic rings. The Morgan fingerprint density at radius 2 is 2.08 bits per heavy atom. The molecule has 2 aromatic heterocycles. The lowest BCUT2D eigenvalue weighted by atomic mass is 10.1. The topological polar surface area (TPSA) is 66.8 Å². The first-order chi connectivity index (χ1) is 11.4. The van der Waals surface area contributed by atoms with Crippen molar-refractivity contribution in [3.05, 3.63) is 57.8 Å². The SMILES string of the molecule is CC(c1ccc(F)c(F)c1)N(C)Cc1nc2c(cnn2C)c(=O)[nH]1. The molecule has 0 aliphatic carbocycles. The van der Waals surface area contributed by atoms with E-state index in [2.05, 4.69) is 15.1 Å². The fourth-order valence-electron chi connectivity index (χ4n) is 2.55. The van der Waals surface area contributed by atoms with Gasteiger partial charge in [0.2, 0.25) is 0 Å². The van der Waals surface area contributed by atoms with Crippen LogP contribution < -0.4 is 5.56 Å². The second kappa shape index (κ2) is 6.12. The van der Waals surface area contributed by atoms with Crippen LogP contribution in [0.1, 0.15) is 24.4 Å². The average Bonchev–Trinajstić information content (AvgIpc) is 2.91. The van der Waals surface area contributed by atoms with E-state index >= 15 is 0 Å². The predicted octanol–water partition coefficient (Wildman–Crippen LogP) is 2.13. The van der Waals surface area contributed by atoms with Gasteiger partial charge in [0.05, 0.1) is 12.7 Å². The van der Waals surface area contributed by atoms with Crippen molar-refractivity contribution in [3.8, 4) is 0 Å². The molecular weight excluding hydrogens is 316 g/mol. The first kappa shape index (κ1) is 16.3. The van der Waals surface area contributed by atoms with Gasteiger partial charge in [0.25, 0.3) is 5.56 Å². The molecule has 3 rings (SSSR count). The summed E-state index contributed by atoms with van der Waals surface area (Å²) in [6.07, 6.45) is 1.47. The van der Waals surface area contributed by atoms with Gasteiger partial charge >= 0.3 is 0 Å². The Morgan fingerprint density at radius 1 is 1.33 bits per heavy atom. The predicted molar refractivity (Wildman–Crippen MR) is 85.4 cm³/mol. The third kappa shape index (κ3) is 2.92. The molecule has 126 valence electrons. The standard InChI is InChI=1S/C16H17F2N5O/c1-9(10-4-5-12(17)13(18)6-10)22(2)8-14-20-15-11(16(24)21-14)7-19-23(15)3/h4-7,9H,8H2,1-3H3,(H,20,21,24). The third-order valence-electron chi connectivity index (χ3n) is 4.14. The Bertz CT molecular complexity index is 949. The smallest absolute Gasteiger partial charge is 0.262 e. The number of aromatic nitrogens is 4. The normalized spacial score (nSPS) is 12.9. The van der Waals surface area contributed by atoms with Crippen LogP contribution in [0.2, 0.25) is 0 Å². The largest absolute Gasteiger partial charge is 0.309 e. The van der Waals surface area contributed by atoms with Gasteiger partial charge in [-0.2, -0.15) is 5.10 Å². The quantitative estimate of drug-likeness (QED) is 0.794. The number of aromatic amines is 1. The number of fused-ring (bicyclic) bond motifs is 1. The summed E-state index contributed by atoms with van der Waals surface area (Å²) in [6.45, 7) is 2.21. The van der Waals surface area contributed by atoms with Crippen molar-refractivity contribution in [1.29, 1.82) is 0 Å². The summed E-state index contributed by atoms with van der Waals surface area (Å²) >= 11 is 0. The van der Waals surface area contributed by atoms with Gasteiger partial charge in [-0.05, 0) is 31.7 Å². The second-order valence-electron chi connectivity index (χ2n) is 5.78. The molecule has 3 aromatic rings. The zero-order valence-corrected chi connectivity index (χ0v) is 13.5. The number of aryl methyl sites for hydroxylation is 1. The number of halogens is 2. The van der Waals surface area contributed by atoms with Crippen molar-refractivity contribution in [2.24, 2.45) is 7.05 Å². The number of rotatable bonds is 4. The lowest BCUT2D eigenvalue weighted by Gasteiger charge is -2.24. The lowest BCUT2D eigenvalue weighted by Crippen LogP contribution is -2.25. The number of benzene rings is 1. The first-order valence-electron chi connectivity index (χ1n) is 7.43. The van der Waals surface area contributed by atoms with Gasteiger partial charge in [0.15, 0.2) is 17.3 Å². The summed E-state index contributed by atoms with van der Waals surface area (Å²) in [5.41, 5.74) is 0.889. The minimum absolute atomic E-state index is 0.187. The summed E-state index contributed by atoms with van der Waals surface area (Å²) in [7, 11) is 3.53. The molecule has 1 N–H and O–H groups in total.